The third-order valence-electron chi connectivity index (χ3n) is 9.63. The summed E-state index contributed by atoms with van der Waals surface area (Å²) < 4.78 is 30.2. The van der Waals surface area contributed by atoms with Gasteiger partial charge in [0.25, 0.3) is 22.5 Å². The van der Waals surface area contributed by atoms with Gasteiger partial charge in [0.05, 0.1) is 24.3 Å². The van der Waals surface area contributed by atoms with Crippen LogP contribution in [0.3, 0.4) is 0 Å². The fourth-order valence-corrected chi connectivity index (χ4v) is 6.77. The van der Waals surface area contributed by atoms with Gasteiger partial charge in [-0.15, -0.1) is 0 Å². The molecular formula is C44H34F2N12O2. The van der Waals surface area contributed by atoms with Gasteiger partial charge in [-0.1, -0.05) is 60.7 Å². The fourth-order valence-electron chi connectivity index (χ4n) is 6.77. The predicted octanol–water partition coefficient (Wildman–Crippen LogP) is 8.40. The minimum atomic E-state index is -0.499. The molecule has 2 atom stereocenters. The Kier molecular flexibility index (Phi) is 11.2. The highest BCUT2D eigenvalue weighted by Crippen LogP contribution is 2.35. The van der Waals surface area contributed by atoms with Crippen molar-refractivity contribution < 1.29 is 8.78 Å². The summed E-state index contributed by atoms with van der Waals surface area (Å²) in [6.45, 7) is 18.4. The van der Waals surface area contributed by atoms with Crippen LogP contribution in [0.5, 0.6) is 0 Å². The molecule has 0 saturated heterocycles. The van der Waals surface area contributed by atoms with E-state index < -0.39 is 23.7 Å². The summed E-state index contributed by atoms with van der Waals surface area (Å²) in [6, 6.07) is 26.9. The van der Waals surface area contributed by atoms with E-state index in [1.807, 2.05) is 86.6 Å². The summed E-state index contributed by atoms with van der Waals surface area (Å²) in [5, 5.41) is 6.33. The Bertz CT molecular complexity index is 2900. The molecule has 0 spiro atoms. The van der Waals surface area contributed by atoms with Crippen molar-refractivity contribution in [2.45, 2.75) is 25.9 Å². The van der Waals surface area contributed by atoms with Gasteiger partial charge in [0, 0.05) is 35.5 Å². The number of aromatic nitrogens is 6. The summed E-state index contributed by atoms with van der Waals surface area (Å²) in [5.41, 5.74) is 15.9. The number of hydrogen-bond acceptors (Lipinski definition) is 10. The Morgan fingerprint density at radius 3 is 1.35 bits per heavy atom. The molecule has 16 heteroatoms. The number of rotatable bonds is 8. The van der Waals surface area contributed by atoms with Gasteiger partial charge in [-0.3, -0.25) is 18.4 Å². The van der Waals surface area contributed by atoms with Crippen LogP contribution in [0.4, 0.5) is 43.4 Å². The van der Waals surface area contributed by atoms with Crippen molar-refractivity contribution in [1.82, 2.24) is 28.7 Å². The lowest BCUT2D eigenvalue weighted by Gasteiger charge is -2.20. The van der Waals surface area contributed by atoms with Crippen molar-refractivity contribution in [3.8, 4) is 22.3 Å². The van der Waals surface area contributed by atoms with E-state index in [2.05, 4.69) is 40.3 Å². The zero-order valence-corrected chi connectivity index (χ0v) is 32.0. The molecule has 0 aliphatic heterocycles. The van der Waals surface area contributed by atoms with Crippen molar-refractivity contribution in [3.63, 3.8) is 0 Å². The Morgan fingerprint density at radius 1 is 0.600 bits per heavy atom. The predicted molar refractivity (Wildman–Crippen MR) is 228 cm³/mol. The molecule has 296 valence electrons. The number of halogens is 2. The maximum absolute atomic E-state index is 13.8. The summed E-state index contributed by atoms with van der Waals surface area (Å²) in [5.74, 6) is -0.285. The van der Waals surface area contributed by atoms with Crippen molar-refractivity contribution >= 4 is 45.7 Å². The molecule has 0 radical (unpaired) electrons. The molecule has 6 aromatic heterocycles. The Labute approximate surface area is 341 Å². The lowest BCUT2D eigenvalue weighted by Crippen LogP contribution is -2.21. The van der Waals surface area contributed by atoms with Gasteiger partial charge in [0.2, 0.25) is 0 Å². The third-order valence-corrected chi connectivity index (χ3v) is 9.63. The largest absolute Gasteiger partial charge is 0.392 e. The monoisotopic (exact) mass is 800 g/mol. The summed E-state index contributed by atoms with van der Waals surface area (Å²) in [7, 11) is 0. The lowest BCUT2D eigenvalue weighted by molar-refractivity contribution is 0.617. The minimum absolute atomic E-state index is 0.0760. The van der Waals surface area contributed by atoms with E-state index in [-0.39, 0.29) is 45.8 Å². The highest BCUT2D eigenvalue weighted by atomic mass is 19.1. The second-order valence-corrected chi connectivity index (χ2v) is 13.4. The molecule has 6 heterocycles. The molecule has 8 rings (SSSR count). The second kappa shape index (κ2) is 16.9. The van der Waals surface area contributed by atoms with Crippen LogP contribution in [-0.4, -0.2) is 28.7 Å². The smallest absolute Gasteiger partial charge is 0.268 e. The van der Waals surface area contributed by atoms with Gasteiger partial charge in [-0.25, -0.2) is 38.4 Å². The molecule has 0 unspecified atom stereocenters. The highest BCUT2D eigenvalue weighted by molar-refractivity contribution is 5.79. The standard InChI is InChI=1S/2C22H17FN6O/c2*1-13(28-21-19(25-2)20(24)26-12-27-21)17-10-16-9-8-15(23)11-29(16)22(30)18(17)14-6-4-3-5-7-14/h2*3-13H,1H3,(H3,24,26,27,28)/t2*13-/m10/s1. The first-order valence-corrected chi connectivity index (χ1v) is 18.3. The first-order valence-electron chi connectivity index (χ1n) is 18.3. The number of pyridine rings is 4. The molecule has 60 heavy (non-hydrogen) atoms. The summed E-state index contributed by atoms with van der Waals surface area (Å²) in [6.07, 6.45) is 4.90. The number of nitrogens with two attached hydrogens (primary N) is 2. The maximum Gasteiger partial charge on any atom is 0.268 e. The molecule has 2 aromatic carbocycles. The molecule has 8 aromatic rings. The van der Waals surface area contributed by atoms with Crippen LogP contribution in [0.15, 0.2) is 132 Å². The van der Waals surface area contributed by atoms with Gasteiger partial charge >= 0.3 is 0 Å². The van der Waals surface area contributed by atoms with Crippen molar-refractivity contribution in [1.29, 1.82) is 0 Å². The molecular weight excluding hydrogens is 767 g/mol. The SMILES string of the molecule is [C-]#[N+]c1c(N)ncnc1N[C@@H](C)c1cc2ccc(F)cn2c(=O)c1-c1ccccc1.[C-]#[N+]c1c(N)ncnc1N[C@H](C)c1cc2ccc(F)cn2c(=O)c1-c1ccccc1. The van der Waals surface area contributed by atoms with Gasteiger partial charge in [0.15, 0.2) is 0 Å². The average molecular weight is 801 g/mol. The zero-order valence-electron chi connectivity index (χ0n) is 32.0. The normalized spacial score (nSPS) is 11.8. The number of benzene rings is 2. The quantitative estimate of drug-likeness (QED) is 0.109. The second-order valence-electron chi connectivity index (χ2n) is 13.4. The number of nitrogens with one attached hydrogen (secondary N) is 2. The maximum atomic E-state index is 13.8. The summed E-state index contributed by atoms with van der Waals surface area (Å²) in [4.78, 5) is 49.4. The Hall–Kier alpha value is -8.50. The zero-order chi connectivity index (χ0) is 42.5. The van der Waals surface area contributed by atoms with E-state index in [0.29, 0.717) is 44.4 Å². The fraction of sp³-hybridized carbons (Fsp3) is 0.0909. The molecule has 6 N–H and O–H groups in total. The van der Waals surface area contributed by atoms with Crippen LogP contribution in [0.1, 0.15) is 37.1 Å². The summed E-state index contributed by atoms with van der Waals surface area (Å²) >= 11 is 0. The number of fused-ring (bicyclic) bond motifs is 2. The van der Waals surface area contributed by atoms with E-state index in [0.717, 1.165) is 0 Å². The Balaban J connectivity index is 0.000000181. The third kappa shape index (κ3) is 7.89. The highest BCUT2D eigenvalue weighted by Gasteiger charge is 2.22. The van der Waals surface area contributed by atoms with Crippen LogP contribution >= 0.6 is 0 Å². The van der Waals surface area contributed by atoms with Gasteiger partial charge in [-0.05, 0) is 72.5 Å². The minimum Gasteiger partial charge on any atom is -0.392 e. The van der Waals surface area contributed by atoms with E-state index in [1.165, 1.54) is 46.0 Å². The Morgan fingerprint density at radius 2 is 0.983 bits per heavy atom. The van der Waals surface area contributed by atoms with Crippen molar-refractivity contribution in [2.75, 3.05) is 22.1 Å². The number of hydrogen-bond donors (Lipinski definition) is 4. The van der Waals surface area contributed by atoms with Crippen LogP contribution < -0.4 is 33.2 Å². The molecule has 0 amide bonds. The van der Waals surface area contributed by atoms with Crippen LogP contribution in [0, 0.1) is 24.8 Å². The number of nitrogen functional groups attached to an aromatic ring is 2. The molecule has 0 aliphatic rings. The van der Waals surface area contributed by atoms with E-state index in [1.54, 1.807) is 12.1 Å². The first-order chi connectivity index (χ1) is 29.0. The van der Waals surface area contributed by atoms with Crippen LogP contribution in [0.25, 0.3) is 43.0 Å². The van der Waals surface area contributed by atoms with Crippen molar-refractivity contribution in [2.24, 2.45) is 0 Å². The molecule has 0 aliphatic carbocycles. The van der Waals surface area contributed by atoms with Gasteiger partial charge in [-0.2, -0.15) is 0 Å². The molecule has 0 bridgehead atoms. The molecule has 14 nitrogen and oxygen atoms in total. The topological polar surface area (TPSA) is 179 Å². The molecule has 0 fully saturated rings. The number of anilines is 4. The van der Waals surface area contributed by atoms with Crippen LogP contribution in [0.2, 0.25) is 0 Å². The van der Waals surface area contributed by atoms with Gasteiger partial charge in [0.1, 0.15) is 47.6 Å². The van der Waals surface area contributed by atoms with E-state index in [9.17, 15) is 18.4 Å². The molecule has 0 saturated carbocycles. The van der Waals surface area contributed by atoms with Crippen molar-refractivity contribution in [3.05, 3.63) is 188 Å². The first kappa shape index (κ1) is 39.7. The lowest BCUT2D eigenvalue weighted by atomic mass is 9.96. The van der Waals surface area contributed by atoms with Crippen LogP contribution in [-0.2, 0) is 0 Å². The van der Waals surface area contributed by atoms with Gasteiger partial charge < -0.3 is 22.1 Å². The van der Waals surface area contributed by atoms with E-state index >= 15 is 0 Å². The average Bonchev–Trinajstić information content (AvgIpc) is 3.25. The van der Waals surface area contributed by atoms with E-state index in [4.69, 9.17) is 24.6 Å². The number of nitrogens with zero attached hydrogens (tertiary/aromatic N) is 8.